The quantitative estimate of drug-likeness (QED) is 0.498. The third kappa shape index (κ3) is 4.47. The maximum Gasteiger partial charge on any atom is 0.274 e. The zero-order valence-corrected chi connectivity index (χ0v) is 13.7. The van der Waals surface area contributed by atoms with E-state index in [1.807, 2.05) is 0 Å². The Morgan fingerprint density at radius 3 is 2.83 bits per heavy atom. The van der Waals surface area contributed by atoms with Crippen molar-refractivity contribution in [3.8, 4) is 5.88 Å². The number of nitrogens with two attached hydrogens (primary N) is 3. The van der Waals surface area contributed by atoms with Crippen molar-refractivity contribution in [1.29, 1.82) is 0 Å². The van der Waals surface area contributed by atoms with Crippen molar-refractivity contribution in [2.45, 2.75) is 6.42 Å². The van der Waals surface area contributed by atoms with Gasteiger partial charge >= 0.3 is 0 Å². The molecule has 0 aromatic carbocycles. The molecular formula is C13H22N6O3S. The number of methoxy groups -OCH3 is 1. The second-order valence-electron chi connectivity index (χ2n) is 5.36. The summed E-state index contributed by atoms with van der Waals surface area (Å²) in [7, 11) is -2.09. The Kier molecular flexibility index (Phi) is 5.29. The Hall–Kier alpha value is -2.04. The van der Waals surface area contributed by atoms with Crippen molar-refractivity contribution in [2.24, 2.45) is 16.8 Å². The van der Waals surface area contributed by atoms with Crippen molar-refractivity contribution in [2.75, 3.05) is 32.5 Å². The van der Waals surface area contributed by atoms with E-state index in [0.29, 0.717) is 30.5 Å². The van der Waals surface area contributed by atoms with Crippen molar-refractivity contribution >= 4 is 21.6 Å². The van der Waals surface area contributed by atoms with Crippen LogP contribution in [0.15, 0.2) is 18.5 Å². The van der Waals surface area contributed by atoms with E-state index in [-0.39, 0.29) is 0 Å². The SMILES string of the molecule is COc1cc(/C(=C\N)N2CC(CCNS(N)(=O)=O)C2)c(N)cn1. The van der Waals surface area contributed by atoms with E-state index < -0.39 is 10.2 Å². The molecular weight excluding hydrogens is 320 g/mol. The zero-order chi connectivity index (χ0) is 17.0. The molecule has 23 heavy (non-hydrogen) atoms. The molecule has 2 rings (SSSR count). The molecule has 1 saturated heterocycles. The van der Waals surface area contributed by atoms with E-state index in [1.54, 1.807) is 6.07 Å². The Morgan fingerprint density at radius 1 is 1.57 bits per heavy atom. The Morgan fingerprint density at radius 2 is 2.26 bits per heavy atom. The Balaban J connectivity index is 1.95. The number of rotatable bonds is 7. The molecule has 0 atom stereocenters. The molecule has 1 aromatic rings. The van der Waals surface area contributed by atoms with Gasteiger partial charge in [0.05, 0.1) is 24.7 Å². The lowest BCUT2D eigenvalue weighted by atomic mass is 9.94. The van der Waals surface area contributed by atoms with Crippen LogP contribution in [0.3, 0.4) is 0 Å². The largest absolute Gasteiger partial charge is 0.481 e. The van der Waals surface area contributed by atoms with Gasteiger partial charge in [-0.3, -0.25) is 0 Å². The standard InChI is InChI=1S/C13H22N6O3S/c1-22-13-4-10(11(15)6-17-13)12(5-14)19-7-9(8-19)2-3-18-23(16,20)21/h4-6,9,18H,2-3,7-8,14-15H2,1H3,(H2,16,20,21)/b12-5+. The van der Waals surface area contributed by atoms with Crippen LogP contribution >= 0.6 is 0 Å². The first-order valence-electron chi connectivity index (χ1n) is 7.08. The molecule has 128 valence electrons. The van der Waals surface area contributed by atoms with Gasteiger partial charge in [0.1, 0.15) is 0 Å². The molecule has 1 aliphatic heterocycles. The maximum atomic E-state index is 10.8. The van der Waals surface area contributed by atoms with E-state index in [2.05, 4.69) is 14.6 Å². The highest BCUT2D eigenvalue weighted by molar-refractivity contribution is 7.87. The zero-order valence-electron chi connectivity index (χ0n) is 12.9. The van der Waals surface area contributed by atoms with E-state index in [0.717, 1.165) is 24.4 Å². The van der Waals surface area contributed by atoms with E-state index in [4.69, 9.17) is 21.3 Å². The van der Waals surface area contributed by atoms with Crippen LogP contribution in [-0.4, -0.2) is 45.0 Å². The van der Waals surface area contributed by atoms with Gasteiger partial charge in [0, 0.05) is 37.5 Å². The number of likely N-dealkylation sites (tertiary alicyclic amines) is 1. The minimum Gasteiger partial charge on any atom is -0.481 e. The monoisotopic (exact) mass is 342 g/mol. The minimum atomic E-state index is -3.63. The van der Waals surface area contributed by atoms with Gasteiger partial charge in [-0.1, -0.05) is 0 Å². The van der Waals surface area contributed by atoms with Crippen molar-refractivity contribution < 1.29 is 13.2 Å². The first-order valence-corrected chi connectivity index (χ1v) is 8.62. The summed E-state index contributed by atoms with van der Waals surface area (Å²) in [6, 6.07) is 1.74. The topological polar surface area (TPSA) is 150 Å². The van der Waals surface area contributed by atoms with Gasteiger partial charge in [0.25, 0.3) is 10.2 Å². The number of nitrogens with zero attached hydrogens (tertiary/aromatic N) is 2. The third-order valence-corrected chi connectivity index (χ3v) is 4.31. The second-order valence-corrected chi connectivity index (χ2v) is 6.74. The number of hydrogen-bond donors (Lipinski definition) is 4. The van der Waals surface area contributed by atoms with Gasteiger partial charge in [-0.15, -0.1) is 0 Å². The summed E-state index contributed by atoms with van der Waals surface area (Å²) in [5.74, 6) is 0.826. The smallest absolute Gasteiger partial charge is 0.274 e. The Bertz CT molecular complexity index is 685. The molecule has 1 fully saturated rings. The van der Waals surface area contributed by atoms with Crippen LogP contribution in [0, 0.1) is 5.92 Å². The minimum absolute atomic E-state index is 0.324. The molecule has 1 aliphatic rings. The number of anilines is 1. The van der Waals surface area contributed by atoms with Crippen molar-refractivity contribution in [3.05, 3.63) is 24.0 Å². The van der Waals surface area contributed by atoms with Crippen molar-refractivity contribution in [1.82, 2.24) is 14.6 Å². The number of aromatic nitrogens is 1. The number of nitrogen functional groups attached to an aromatic ring is 1. The van der Waals surface area contributed by atoms with Gasteiger partial charge in [-0.2, -0.15) is 8.42 Å². The second kappa shape index (κ2) is 7.02. The molecule has 0 spiro atoms. The number of nitrogens with one attached hydrogen (secondary N) is 1. The summed E-state index contributed by atoms with van der Waals surface area (Å²) in [4.78, 5) is 6.12. The normalized spacial score (nSPS) is 16.3. The number of ether oxygens (including phenoxy) is 1. The van der Waals surface area contributed by atoms with Crippen LogP contribution in [0.2, 0.25) is 0 Å². The fraction of sp³-hybridized carbons (Fsp3) is 0.462. The van der Waals surface area contributed by atoms with Gasteiger partial charge < -0.3 is 21.1 Å². The first-order chi connectivity index (χ1) is 10.8. The highest BCUT2D eigenvalue weighted by atomic mass is 32.2. The number of pyridine rings is 1. The fourth-order valence-electron chi connectivity index (χ4n) is 2.50. The maximum absolute atomic E-state index is 10.8. The first kappa shape index (κ1) is 17.3. The average Bonchev–Trinajstić information content (AvgIpc) is 2.45. The predicted molar refractivity (Wildman–Crippen MR) is 88.2 cm³/mol. The summed E-state index contributed by atoms with van der Waals surface area (Å²) in [6.07, 6.45) is 3.74. The molecule has 0 saturated carbocycles. The highest BCUT2D eigenvalue weighted by Crippen LogP contribution is 2.32. The Labute approximate surface area is 135 Å². The third-order valence-electron chi connectivity index (χ3n) is 3.71. The summed E-state index contributed by atoms with van der Waals surface area (Å²) in [6.45, 7) is 1.85. The van der Waals surface area contributed by atoms with E-state index in [9.17, 15) is 8.42 Å². The van der Waals surface area contributed by atoms with Crippen LogP contribution in [-0.2, 0) is 10.2 Å². The number of hydrogen-bond acceptors (Lipinski definition) is 7. The van der Waals surface area contributed by atoms with Crippen LogP contribution in [0.4, 0.5) is 5.69 Å². The molecule has 0 unspecified atom stereocenters. The van der Waals surface area contributed by atoms with Crippen LogP contribution in [0.25, 0.3) is 5.70 Å². The van der Waals surface area contributed by atoms with Crippen LogP contribution in [0.1, 0.15) is 12.0 Å². The molecule has 0 amide bonds. The molecule has 0 radical (unpaired) electrons. The summed E-state index contributed by atoms with van der Waals surface area (Å²) in [5, 5.41) is 4.89. The molecule has 1 aromatic heterocycles. The van der Waals surface area contributed by atoms with E-state index in [1.165, 1.54) is 19.5 Å². The van der Waals surface area contributed by atoms with E-state index >= 15 is 0 Å². The summed E-state index contributed by atoms with van der Waals surface area (Å²) >= 11 is 0. The molecule has 7 N–H and O–H groups in total. The lowest BCUT2D eigenvalue weighted by Crippen LogP contribution is -2.47. The summed E-state index contributed by atoms with van der Waals surface area (Å²) in [5.41, 5.74) is 13.8. The van der Waals surface area contributed by atoms with Gasteiger partial charge in [-0.05, 0) is 12.3 Å². The van der Waals surface area contributed by atoms with Crippen LogP contribution in [0.5, 0.6) is 5.88 Å². The molecule has 0 aliphatic carbocycles. The van der Waals surface area contributed by atoms with Gasteiger partial charge in [-0.25, -0.2) is 14.8 Å². The molecule has 0 bridgehead atoms. The lowest BCUT2D eigenvalue weighted by molar-refractivity contribution is 0.166. The highest BCUT2D eigenvalue weighted by Gasteiger charge is 2.29. The lowest BCUT2D eigenvalue weighted by Gasteiger charge is -2.42. The van der Waals surface area contributed by atoms with Gasteiger partial charge in [0.15, 0.2) is 0 Å². The molecule has 9 nitrogen and oxygen atoms in total. The van der Waals surface area contributed by atoms with Crippen molar-refractivity contribution in [3.63, 3.8) is 0 Å². The molecule has 2 heterocycles. The summed E-state index contributed by atoms with van der Waals surface area (Å²) < 4.78 is 29.0. The van der Waals surface area contributed by atoms with Gasteiger partial charge in [0.2, 0.25) is 5.88 Å². The average molecular weight is 342 g/mol. The predicted octanol–water partition coefficient (Wildman–Crippen LogP) is -0.955. The fourth-order valence-corrected chi connectivity index (χ4v) is 2.90. The molecule has 10 heteroatoms. The van der Waals surface area contributed by atoms with Crippen LogP contribution < -0.4 is 26.1 Å².